The van der Waals surface area contributed by atoms with Crippen molar-refractivity contribution in [3.8, 4) is 45.0 Å². The molecule has 0 amide bonds. The number of benzene rings is 4. The molecular weight excluding hydrogens is 986 g/mol. The maximum Gasteiger partial charge on any atom is 0.163 e. The summed E-state index contributed by atoms with van der Waals surface area (Å²) in [5, 5.41) is 2.92. The zero-order valence-corrected chi connectivity index (χ0v) is 42.6. The first-order chi connectivity index (χ1) is 30.8. The van der Waals surface area contributed by atoms with Gasteiger partial charge in [0.15, 0.2) is 5.82 Å². The number of furan rings is 1. The van der Waals surface area contributed by atoms with Crippen LogP contribution >= 0.6 is 0 Å². The standard InChI is InChI=1S/C41H45N4O.C14H15FNSi.Ir/c1-23(2)31-20-27(37-43-38(40(6,7)8)45-39(44-37)41(9,10)11)21-32(24(3)4)34(31)26-18-19-42-33(22-26)30-17-13-16-29-28-15-12-14-25(5)35(28)46-36(29)30;1-17(2,3)13-8-9-14(16-10-13)11-4-6-12(15)7-5-11;/h12-16,18-24H,1-11H3;4,6-10H,1-3H3;/q2*-1;/i5D3;;. The van der Waals surface area contributed by atoms with Crippen molar-refractivity contribution >= 4 is 35.2 Å². The van der Waals surface area contributed by atoms with Gasteiger partial charge in [-0.3, -0.25) is 4.39 Å². The Bertz CT molecular complexity index is 2980. The monoisotopic (exact) mass is 1050 g/mol. The van der Waals surface area contributed by atoms with Crippen LogP contribution in [0.3, 0.4) is 0 Å². The van der Waals surface area contributed by atoms with Gasteiger partial charge < -0.3 is 14.4 Å². The summed E-state index contributed by atoms with van der Waals surface area (Å²) < 4.78 is 43.3. The number of aromatic nitrogens is 5. The van der Waals surface area contributed by atoms with E-state index in [1.165, 1.54) is 34.0 Å². The van der Waals surface area contributed by atoms with Gasteiger partial charge in [0.25, 0.3) is 0 Å². The molecule has 4 aromatic carbocycles. The average molecular weight is 1050 g/mol. The van der Waals surface area contributed by atoms with Gasteiger partial charge in [0.05, 0.1) is 13.7 Å². The van der Waals surface area contributed by atoms with Crippen LogP contribution in [-0.2, 0) is 30.9 Å². The van der Waals surface area contributed by atoms with E-state index < -0.39 is 14.9 Å². The summed E-state index contributed by atoms with van der Waals surface area (Å²) in [6.07, 6.45) is 3.76. The van der Waals surface area contributed by atoms with Crippen LogP contribution in [0.2, 0.25) is 19.6 Å². The molecule has 0 aliphatic heterocycles. The van der Waals surface area contributed by atoms with Crippen molar-refractivity contribution in [2.45, 2.75) is 118 Å². The summed E-state index contributed by atoms with van der Waals surface area (Å²) in [7, 11) is -1.30. The second kappa shape index (κ2) is 18.7. The van der Waals surface area contributed by atoms with Crippen LogP contribution < -0.4 is 5.19 Å². The molecule has 0 N–H and O–H groups in total. The first-order valence-electron chi connectivity index (χ1n) is 23.2. The Balaban J connectivity index is 0.000000346. The average Bonchev–Trinajstić information content (AvgIpc) is 3.64. The van der Waals surface area contributed by atoms with Crippen molar-refractivity contribution in [1.29, 1.82) is 0 Å². The van der Waals surface area contributed by atoms with Crippen molar-refractivity contribution in [3.63, 3.8) is 0 Å². The molecule has 0 aliphatic rings. The summed E-state index contributed by atoms with van der Waals surface area (Å²) in [5.74, 6) is 2.40. The van der Waals surface area contributed by atoms with Gasteiger partial charge in [-0.15, -0.1) is 48.0 Å². The molecule has 333 valence electrons. The Hall–Kier alpha value is -5.21. The summed E-state index contributed by atoms with van der Waals surface area (Å²) in [4.78, 5) is 24.2. The fourth-order valence-electron chi connectivity index (χ4n) is 7.48. The number of para-hydroxylation sites is 1. The van der Waals surface area contributed by atoms with Crippen LogP contribution in [0.5, 0.6) is 0 Å². The Morgan fingerprint density at radius 2 is 1.36 bits per heavy atom. The molecule has 0 unspecified atom stereocenters. The first kappa shape index (κ1) is 44.0. The van der Waals surface area contributed by atoms with Crippen LogP contribution in [-0.4, -0.2) is 33.0 Å². The SMILES string of the molecule is C[Si](C)(C)c1ccc(-c2[c-]cc(F)cc2)nc1.[2H]C([2H])([2H])c1cccc2c1oc1c(-c3cc(-c4c(C(C)C)cc(-c5nc(C(C)(C)C)nc(C(C)(C)C)n5)cc4C(C)C)ccn3)[c-]ccc12.[Ir]. The summed E-state index contributed by atoms with van der Waals surface area (Å²) >= 11 is 0. The molecular formula is C55H60FIrN5OSi-2. The third kappa shape index (κ3) is 10.3. The fraction of sp³-hybridized carbons (Fsp3) is 0.327. The van der Waals surface area contributed by atoms with Crippen LogP contribution in [0.4, 0.5) is 4.39 Å². The summed E-state index contributed by atoms with van der Waals surface area (Å²) in [5.41, 5.74) is 9.30. The minimum Gasteiger partial charge on any atom is -0.500 e. The molecule has 0 saturated carbocycles. The molecule has 0 aliphatic carbocycles. The molecule has 1 radical (unpaired) electrons. The third-order valence-electron chi connectivity index (χ3n) is 11.1. The van der Waals surface area contributed by atoms with E-state index in [0.717, 1.165) is 44.8 Å². The van der Waals surface area contributed by atoms with Crippen molar-refractivity contribution < 1.29 is 33.0 Å². The predicted molar refractivity (Wildman–Crippen MR) is 262 cm³/mol. The molecule has 0 bridgehead atoms. The largest absolute Gasteiger partial charge is 0.500 e. The third-order valence-corrected chi connectivity index (χ3v) is 13.2. The topological polar surface area (TPSA) is 77.6 Å². The van der Waals surface area contributed by atoms with Crippen LogP contribution in [0.15, 0.2) is 102 Å². The van der Waals surface area contributed by atoms with E-state index in [1.54, 1.807) is 18.2 Å². The Morgan fingerprint density at radius 3 is 1.91 bits per heavy atom. The minimum absolute atomic E-state index is 0. The first-order valence-corrected chi connectivity index (χ1v) is 25.2. The Kier molecular flexibility index (Phi) is 12.9. The summed E-state index contributed by atoms with van der Waals surface area (Å²) in [6.45, 7) is 26.2. The van der Waals surface area contributed by atoms with E-state index in [0.29, 0.717) is 28.2 Å². The summed E-state index contributed by atoms with van der Waals surface area (Å²) in [6, 6.07) is 32.5. The van der Waals surface area contributed by atoms with E-state index in [1.807, 2.05) is 36.7 Å². The van der Waals surface area contributed by atoms with E-state index >= 15 is 0 Å². The molecule has 64 heavy (non-hydrogen) atoms. The number of hydrogen-bond acceptors (Lipinski definition) is 6. The normalized spacial score (nSPS) is 13.0. The number of aryl methyl sites for hydroxylation is 1. The maximum atomic E-state index is 12.8. The number of fused-ring (bicyclic) bond motifs is 3. The van der Waals surface area contributed by atoms with Gasteiger partial charge in [0.1, 0.15) is 17.2 Å². The van der Waals surface area contributed by atoms with Gasteiger partial charge in [-0.2, -0.15) is 0 Å². The molecule has 0 spiro atoms. The number of nitrogens with zero attached hydrogens (tertiary/aromatic N) is 5. The van der Waals surface area contributed by atoms with Gasteiger partial charge in [-0.1, -0.05) is 136 Å². The van der Waals surface area contributed by atoms with E-state index in [2.05, 4.69) is 136 Å². The fourth-order valence-corrected chi connectivity index (χ4v) is 8.51. The van der Waals surface area contributed by atoms with Gasteiger partial charge in [0.2, 0.25) is 0 Å². The number of rotatable bonds is 7. The van der Waals surface area contributed by atoms with E-state index in [4.69, 9.17) is 28.5 Å². The van der Waals surface area contributed by atoms with Gasteiger partial charge in [-0.25, -0.2) is 15.0 Å². The molecule has 6 nitrogen and oxygen atoms in total. The number of pyridine rings is 2. The van der Waals surface area contributed by atoms with Crippen molar-refractivity contribution in [3.05, 3.63) is 144 Å². The predicted octanol–water partition coefficient (Wildman–Crippen LogP) is 14.3. The zero-order chi connectivity index (χ0) is 48.1. The molecule has 8 rings (SSSR count). The Labute approximate surface area is 398 Å². The molecule has 4 aromatic heterocycles. The molecule has 4 heterocycles. The molecule has 0 atom stereocenters. The number of halogens is 1. The van der Waals surface area contributed by atoms with Crippen molar-refractivity contribution in [2.24, 2.45) is 0 Å². The smallest absolute Gasteiger partial charge is 0.163 e. The molecule has 0 saturated heterocycles. The van der Waals surface area contributed by atoms with Gasteiger partial charge >= 0.3 is 0 Å². The van der Waals surface area contributed by atoms with Crippen molar-refractivity contribution in [2.75, 3.05) is 0 Å². The second-order valence-electron chi connectivity index (χ2n) is 20.1. The van der Waals surface area contributed by atoms with E-state index in [9.17, 15) is 4.39 Å². The van der Waals surface area contributed by atoms with Crippen LogP contribution in [0, 0.1) is 24.8 Å². The van der Waals surface area contributed by atoms with E-state index in [-0.39, 0.29) is 54.2 Å². The Morgan fingerprint density at radius 1 is 0.703 bits per heavy atom. The van der Waals surface area contributed by atoms with Crippen LogP contribution in [0.25, 0.3) is 67.0 Å². The maximum absolute atomic E-state index is 12.8. The van der Waals surface area contributed by atoms with Gasteiger partial charge in [0, 0.05) is 64.2 Å². The quantitative estimate of drug-likeness (QED) is 0.117. The second-order valence-corrected chi connectivity index (χ2v) is 25.1. The van der Waals surface area contributed by atoms with Crippen molar-refractivity contribution in [1.82, 2.24) is 24.9 Å². The molecule has 9 heteroatoms. The number of hydrogen-bond donors (Lipinski definition) is 0. The van der Waals surface area contributed by atoms with Crippen LogP contribution in [0.1, 0.15) is 114 Å². The molecule has 0 fully saturated rings. The van der Waals surface area contributed by atoms with Gasteiger partial charge in [-0.05, 0) is 81.3 Å². The zero-order valence-electron chi connectivity index (χ0n) is 42.2. The molecule has 8 aromatic rings. The minimum atomic E-state index is -2.30.